The second kappa shape index (κ2) is 17.1. The van der Waals surface area contributed by atoms with Crippen LogP contribution in [0.5, 0.6) is 0 Å². The van der Waals surface area contributed by atoms with Crippen molar-refractivity contribution < 1.29 is 15.3 Å². The topological polar surface area (TPSA) is 60.7 Å². The van der Waals surface area contributed by atoms with Crippen molar-refractivity contribution in [2.45, 2.75) is 53.2 Å². The highest BCUT2D eigenvalue weighted by molar-refractivity contribution is 4.34. The molecule has 0 rings (SSSR count). The van der Waals surface area contributed by atoms with Gasteiger partial charge in [-0.05, 0) is 34.1 Å². The van der Waals surface area contributed by atoms with Gasteiger partial charge in [0.15, 0.2) is 0 Å². The van der Waals surface area contributed by atoms with Crippen molar-refractivity contribution in [1.82, 2.24) is 0 Å². The SMILES string of the molecule is CC(C)O.CCC(C)O.CCO. The monoisotopic (exact) mass is 180 g/mol. The molecule has 0 heterocycles. The average Bonchev–Trinajstić information content (AvgIpc) is 1.88. The van der Waals surface area contributed by atoms with Crippen LogP contribution < -0.4 is 0 Å². The first-order valence-electron chi connectivity index (χ1n) is 4.39. The zero-order chi connectivity index (χ0) is 10.6. The summed E-state index contributed by atoms with van der Waals surface area (Å²) in [6, 6.07) is 0. The van der Waals surface area contributed by atoms with Gasteiger partial charge in [0.1, 0.15) is 0 Å². The molecule has 0 radical (unpaired) electrons. The van der Waals surface area contributed by atoms with Crippen molar-refractivity contribution in [2.75, 3.05) is 6.61 Å². The van der Waals surface area contributed by atoms with E-state index in [4.69, 9.17) is 15.3 Å². The molecule has 1 atom stereocenters. The Morgan fingerprint density at radius 1 is 1.00 bits per heavy atom. The van der Waals surface area contributed by atoms with E-state index in [-0.39, 0.29) is 18.8 Å². The smallest absolute Gasteiger partial charge is 0.0509 e. The van der Waals surface area contributed by atoms with Crippen molar-refractivity contribution in [1.29, 1.82) is 0 Å². The predicted octanol–water partition coefficient (Wildman–Crippen LogP) is 1.16. The minimum Gasteiger partial charge on any atom is -0.397 e. The van der Waals surface area contributed by atoms with Gasteiger partial charge >= 0.3 is 0 Å². The molecule has 3 heteroatoms. The Morgan fingerprint density at radius 3 is 1.08 bits per heavy atom. The molecule has 1 unspecified atom stereocenters. The van der Waals surface area contributed by atoms with Gasteiger partial charge in [-0.3, -0.25) is 0 Å². The van der Waals surface area contributed by atoms with E-state index in [9.17, 15) is 0 Å². The van der Waals surface area contributed by atoms with Gasteiger partial charge in [-0.15, -0.1) is 0 Å². The van der Waals surface area contributed by atoms with E-state index in [0.717, 1.165) is 6.42 Å². The van der Waals surface area contributed by atoms with E-state index in [0.29, 0.717) is 0 Å². The van der Waals surface area contributed by atoms with Gasteiger partial charge in [-0.1, -0.05) is 6.92 Å². The summed E-state index contributed by atoms with van der Waals surface area (Å²) in [6.45, 7) is 9.10. The molecule has 78 valence electrons. The average molecular weight is 180 g/mol. The molecule has 0 aromatic heterocycles. The highest BCUT2D eigenvalue weighted by atomic mass is 16.3. The highest BCUT2D eigenvalue weighted by Gasteiger charge is 1.81. The number of aliphatic hydroxyl groups excluding tert-OH is 3. The quantitative estimate of drug-likeness (QED) is 0.567. The van der Waals surface area contributed by atoms with Crippen molar-refractivity contribution >= 4 is 0 Å². The molecule has 3 N–H and O–H groups in total. The van der Waals surface area contributed by atoms with Crippen LogP contribution in [0.4, 0.5) is 0 Å². The molecule has 0 aliphatic carbocycles. The Labute approximate surface area is 76.1 Å². The minimum absolute atomic E-state index is 0.116. The van der Waals surface area contributed by atoms with Gasteiger partial charge in [-0.2, -0.15) is 0 Å². The van der Waals surface area contributed by atoms with E-state index in [1.807, 2.05) is 6.92 Å². The van der Waals surface area contributed by atoms with Crippen molar-refractivity contribution in [2.24, 2.45) is 0 Å². The van der Waals surface area contributed by atoms with Gasteiger partial charge in [0.2, 0.25) is 0 Å². The first-order valence-corrected chi connectivity index (χ1v) is 4.39. The van der Waals surface area contributed by atoms with Crippen LogP contribution in [0.15, 0.2) is 0 Å². The summed E-state index contributed by atoms with van der Waals surface area (Å²) in [5.41, 5.74) is 0. The molecule has 3 nitrogen and oxygen atoms in total. The lowest BCUT2D eigenvalue weighted by atomic mass is 10.3. The molecule has 0 fully saturated rings. The van der Waals surface area contributed by atoms with Gasteiger partial charge in [-0.25, -0.2) is 0 Å². The molecule has 0 aromatic carbocycles. The third-order valence-corrected chi connectivity index (χ3v) is 0.591. The van der Waals surface area contributed by atoms with Crippen LogP contribution in [0.3, 0.4) is 0 Å². The largest absolute Gasteiger partial charge is 0.397 e. The Kier molecular flexibility index (Phi) is 25.4. The van der Waals surface area contributed by atoms with Crippen LogP contribution >= 0.6 is 0 Å². The molecule has 0 amide bonds. The maximum absolute atomic E-state index is 8.36. The number of rotatable bonds is 1. The Hall–Kier alpha value is -0.120. The summed E-state index contributed by atoms with van der Waals surface area (Å²) < 4.78 is 0. The molecular formula is C9H24O3. The second-order valence-electron chi connectivity index (χ2n) is 2.67. The minimum atomic E-state index is -0.167. The van der Waals surface area contributed by atoms with Crippen LogP contribution in [0.2, 0.25) is 0 Å². The number of hydrogen-bond acceptors (Lipinski definition) is 3. The molecule has 0 aliphatic rings. The Balaban J connectivity index is -0.000000105. The summed E-state index contributed by atoms with van der Waals surface area (Å²) in [5.74, 6) is 0. The van der Waals surface area contributed by atoms with E-state index in [1.54, 1.807) is 27.7 Å². The summed E-state index contributed by atoms with van der Waals surface area (Å²) in [5, 5.41) is 24.0. The predicted molar refractivity (Wildman–Crippen MR) is 52.1 cm³/mol. The van der Waals surface area contributed by atoms with Crippen LogP contribution in [0, 0.1) is 0 Å². The lowest BCUT2D eigenvalue weighted by molar-refractivity contribution is 0.191. The van der Waals surface area contributed by atoms with Gasteiger partial charge in [0.05, 0.1) is 6.10 Å². The maximum atomic E-state index is 8.36. The van der Waals surface area contributed by atoms with E-state index >= 15 is 0 Å². The van der Waals surface area contributed by atoms with E-state index < -0.39 is 0 Å². The highest BCUT2D eigenvalue weighted by Crippen LogP contribution is 1.81. The summed E-state index contributed by atoms with van der Waals surface area (Å²) in [7, 11) is 0. The maximum Gasteiger partial charge on any atom is 0.0509 e. The second-order valence-corrected chi connectivity index (χ2v) is 2.67. The molecule has 0 saturated heterocycles. The lowest BCUT2D eigenvalue weighted by Gasteiger charge is -1.90. The van der Waals surface area contributed by atoms with Crippen molar-refractivity contribution in [3.63, 3.8) is 0 Å². The fourth-order valence-corrected chi connectivity index (χ4v) is 0. The summed E-state index contributed by atoms with van der Waals surface area (Å²) in [6.07, 6.45) is 0.579. The van der Waals surface area contributed by atoms with Crippen LogP contribution in [-0.4, -0.2) is 34.1 Å². The first-order chi connectivity index (χ1) is 5.42. The Bertz CT molecular complexity index is 51.0. The fourth-order valence-electron chi connectivity index (χ4n) is 0. The molecular weight excluding hydrogens is 156 g/mol. The van der Waals surface area contributed by atoms with Crippen LogP contribution in [0.25, 0.3) is 0 Å². The standard InChI is InChI=1S/C4H10O.C3H8O.C2H6O/c1-3-4(2)5;1-3(2)4;1-2-3/h4-5H,3H2,1-2H3;3-4H,1-2H3;3H,2H2,1H3. The first kappa shape index (κ1) is 17.8. The Morgan fingerprint density at radius 2 is 1.08 bits per heavy atom. The van der Waals surface area contributed by atoms with Crippen LogP contribution in [-0.2, 0) is 0 Å². The van der Waals surface area contributed by atoms with E-state index in [2.05, 4.69) is 0 Å². The van der Waals surface area contributed by atoms with Crippen LogP contribution in [0.1, 0.15) is 41.0 Å². The summed E-state index contributed by atoms with van der Waals surface area (Å²) >= 11 is 0. The van der Waals surface area contributed by atoms with E-state index in [1.165, 1.54) is 0 Å². The van der Waals surface area contributed by atoms with Gasteiger partial charge in [0.25, 0.3) is 0 Å². The van der Waals surface area contributed by atoms with Crippen molar-refractivity contribution in [3.05, 3.63) is 0 Å². The summed E-state index contributed by atoms with van der Waals surface area (Å²) in [4.78, 5) is 0. The number of hydrogen-bond donors (Lipinski definition) is 3. The van der Waals surface area contributed by atoms with Gasteiger partial charge in [0, 0.05) is 12.7 Å². The van der Waals surface area contributed by atoms with Crippen molar-refractivity contribution in [3.8, 4) is 0 Å². The molecule has 0 bridgehead atoms. The third kappa shape index (κ3) is 220. The molecule has 0 aliphatic heterocycles. The zero-order valence-electron chi connectivity index (χ0n) is 8.91. The molecule has 0 spiro atoms. The van der Waals surface area contributed by atoms with Gasteiger partial charge < -0.3 is 15.3 Å². The fraction of sp³-hybridized carbons (Fsp3) is 1.00. The lowest BCUT2D eigenvalue weighted by Crippen LogP contribution is -1.93. The normalized spacial score (nSPS) is 10.8. The molecule has 0 aromatic rings. The zero-order valence-corrected chi connectivity index (χ0v) is 8.91. The molecule has 0 saturated carbocycles. The third-order valence-electron chi connectivity index (χ3n) is 0.591. The number of aliphatic hydroxyl groups is 3. The molecule has 12 heavy (non-hydrogen) atoms.